The second-order valence-electron chi connectivity index (χ2n) is 5.38. The molecule has 1 N–H and O–H groups in total. The molecule has 0 aromatic carbocycles. The molecule has 1 saturated heterocycles. The fraction of sp³-hybridized carbons (Fsp3) is 0.667. The van der Waals surface area contributed by atoms with Crippen molar-refractivity contribution >= 4 is 17.2 Å². The van der Waals surface area contributed by atoms with Gasteiger partial charge in [0.1, 0.15) is 0 Å². The van der Waals surface area contributed by atoms with Crippen LogP contribution in [0.1, 0.15) is 12.5 Å². The molecule has 0 spiro atoms. The standard InChI is InChI=1S/C15H25N3O2S/c1-2-16(8-9-19)12-15(20)18-6-4-17(5-7-18)11-14-3-10-21-13-14/h3,10,13,19H,2,4-9,11-12H2,1H3. The zero-order valence-corrected chi connectivity index (χ0v) is 13.5. The molecule has 2 rings (SSSR count). The molecule has 21 heavy (non-hydrogen) atoms. The maximum absolute atomic E-state index is 12.3. The van der Waals surface area contributed by atoms with E-state index in [0.29, 0.717) is 13.1 Å². The van der Waals surface area contributed by atoms with Gasteiger partial charge in [-0.2, -0.15) is 11.3 Å². The van der Waals surface area contributed by atoms with Crippen LogP contribution < -0.4 is 0 Å². The van der Waals surface area contributed by atoms with Crippen LogP contribution in [0.4, 0.5) is 0 Å². The van der Waals surface area contributed by atoms with Crippen LogP contribution >= 0.6 is 11.3 Å². The average molecular weight is 311 g/mol. The van der Waals surface area contributed by atoms with Gasteiger partial charge in [0.05, 0.1) is 13.2 Å². The molecule has 1 aromatic rings. The van der Waals surface area contributed by atoms with Gasteiger partial charge in [0.15, 0.2) is 0 Å². The Morgan fingerprint density at radius 2 is 2.14 bits per heavy atom. The lowest BCUT2D eigenvalue weighted by Crippen LogP contribution is -2.51. The highest BCUT2D eigenvalue weighted by Gasteiger charge is 2.22. The zero-order valence-electron chi connectivity index (χ0n) is 12.7. The van der Waals surface area contributed by atoms with Crippen LogP contribution in [0, 0.1) is 0 Å². The van der Waals surface area contributed by atoms with Crippen molar-refractivity contribution in [3.8, 4) is 0 Å². The lowest BCUT2D eigenvalue weighted by molar-refractivity contribution is -0.134. The fourth-order valence-electron chi connectivity index (χ4n) is 2.58. The lowest BCUT2D eigenvalue weighted by Gasteiger charge is -2.35. The highest BCUT2D eigenvalue weighted by atomic mass is 32.1. The molecule has 118 valence electrons. The summed E-state index contributed by atoms with van der Waals surface area (Å²) < 4.78 is 0. The van der Waals surface area contributed by atoms with E-state index < -0.39 is 0 Å². The maximum Gasteiger partial charge on any atom is 0.236 e. The Bertz CT molecular complexity index is 417. The number of aliphatic hydroxyl groups is 1. The van der Waals surface area contributed by atoms with Crippen molar-refractivity contribution in [2.45, 2.75) is 13.5 Å². The third-order valence-corrected chi connectivity index (χ3v) is 4.67. The van der Waals surface area contributed by atoms with Crippen LogP contribution in [-0.4, -0.2) is 78.1 Å². The van der Waals surface area contributed by atoms with Gasteiger partial charge < -0.3 is 10.0 Å². The van der Waals surface area contributed by atoms with Crippen molar-refractivity contribution in [3.05, 3.63) is 22.4 Å². The molecule has 1 aliphatic heterocycles. The lowest BCUT2D eigenvalue weighted by atomic mass is 10.2. The Morgan fingerprint density at radius 1 is 1.38 bits per heavy atom. The molecule has 0 radical (unpaired) electrons. The molecule has 6 heteroatoms. The summed E-state index contributed by atoms with van der Waals surface area (Å²) in [4.78, 5) is 18.6. The number of likely N-dealkylation sites (N-methyl/N-ethyl adjacent to an activating group) is 1. The summed E-state index contributed by atoms with van der Waals surface area (Å²) in [6.45, 7) is 8.38. The summed E-state index contributed by atoms with van der Waals surface area (Å²) in [5.41, 5.74) is 1.36. The van der Waals surface area contributed by atoms with E-state index in [9.17, 15) is 4.79 Å². The van der Waals surface area contributed by atoms with Crippen LogP contribution in [-0.2, 0) is 11.3 Å². The predicted octanol–water partition coefficient (Wildman–Crippen LogP) is 0.707. The SMILES string of the molecule is CCN(CCO)CC(=O)N1CCN(Cc2ccsc2)CC1. The quantitative estimate of drug-likeness (QED) is 0.805. The summed E-state index contributed by atoms with van der Waals surface area (Å²) in [7, 11) is 0. The van der Waals surface area contributed by atoms with Crippen molar-refractivity contribution < 1.29 is 9.90 Å². The number of piperazine rings is 1. The van der Waals surface area contributed by atoms with Gasteiger partial charge >= 0.3 is 0 Å². The minimum atomic E-state index is 0.107. The molecule has 0 aliphatic carbocycles. The van der Waals surface area contributed by atoms with E-state index in [2.05, 4.69) is 21.7 Å². The van der Waals surface area contributed by atoms with Gasteiger partial charge in [0, 0.05) is 39.3 Å². The van der Waals surface area contributed by atoms with Crippen LogP contribution in [0.15, 0.2) is 16.8 Å². The van der Waals surface area contributed by atoms with Crippen LogP contribution in [0.2, 0.25) is 0 Å². The van der Waals surface area contributed by atoms with Gasteiger partial charge in [-0.15, -0.1) is 0 Å². The first-order chi connectivity index (χ1) is 10.2. The molecular weight excluding hydrogens is 286 g/mol. The smallest absolute Gasteiger partial charge is 0.236 e. The van der Waals surface area contributed by atoms with Crippen molar-refractivity contribution in [1.82, 2.24) is 14.7 Å². The second kappa shape index (κ2) is 8.48. The highest BCUT2D eigenvalue weighted by Crippen LogP contribution is 2.11. The Kier molecular flexibility index (Phi) is 6.63. The molecule has 1 aliphatic rings. The van der Waals surface area contributed by atoms with E-state index in [-0.39, 0.29) is 12.5 Å². The maximum atomic E-state index is 12.3. The van der Waals surface area contributed by atoms with Gasteiger partial charge in [0.25, 0.3) is 0 Å². The number of hydrogen-bond donors (Lipinski definition) is 1. The summed E-state index contributed by atoms with van der Waals surface area (Å²) in [6, 6.07) is 2.16. The topological polar surface area (TPSA) is 47.0 Å². The Morgan fingerprint density at radius 3 is 2.71 bits per heavy atom. The summed E-state index contributed by atoms with van der Waals surface area (Å²) in [6.07, 6.45) is 0. The van der Waals surface area contributed by atoms with E-state index in [0.717, 1.165) is 39.3 Å². The van der Waals surface area contributed by atoms with Crippen molar-refractivity contribution in [2.24, 2.45) is 0 Å². The Labute approximate surface area is 130 Å². The molecule has 0 bridgehead atoms. The molecule has 5 nitrogen and oxygen atoms in total. The molecule has 2 heterocycles. The molecule has 0 unspecified atom stereocenters. The first-order valence-corrected chi connectivity index (χ1v) is 8.51. The van der Waals surface area contributed by atoms with Crippen LogP contribution in [0.25, 0.3) is 0 Å². The summed E-state index contributed by atoms with van der Waals surface area (Å²) >= 11 is 1.73. The molecule has 0 saturated carbocycles. The fourth-order valence-corrected chi connectivity index (χ4v) is 3.24. The largest absolute Gasteiger partial charge is 0.395 e. The number of thiophene rings is 1. The Hall–Kier alpha value is -0.950. The molecule has 1 fully saturated rings. The average Bonchev–Trinajstić information content (AvgIpc) is 3.00. The van der Waals surface area contributed by atoms with Gasteiger partial charge in [-0.1, -0.05) is 6.92 Å². The normalized spacial score (nSPS) is 16.6. The number of amides is 1. The van der Waals surface area contributed by atoms with E-state index in [1.165, 1.54) is 5.56 Å². The summed E-state index contributed by atoms with van der Waals surface area (Å²) in [5.74, 6) is 0.181. The molecular formula is C15H25N3O2S. The third-order valence-electron chi connectivity index (χ3n) is 3.93. The molecule has 1 amide bonds. The number of carbonyl (C=O) groups excluding carboxylic acids is 1. The van der Waals surface area contributed by atoms with Crippen LogP contribution in [0.5, 0.6) is 0 Å². The van der Waals surface area contributed by atoms with E-state index in [4.69, 9.17) is 5.11 Å². The molecule has 0 atom stereocenters. The first-order valence-electron chi connectivity index (χ1n) is 7.57. The van der Waals surface area contributed by atoms with E-state index in [1.54, 1.807) is 11.3 Å². The summed E-state index contributed by atoms with van der Waals surface area (Å²) in [5, 5.41) is 13.3. The van der Waals surface area contributed by atoms with Crippen LogP contribution in [0.3, 0.4) is 0 Å². The van der Waals surface area contributed by atoms with E-state index >= 15 is 0 Å². The van der Waals surface area contributed by atoms with Gasteiger partial charge in [-0.25, -0.2) is 0 Å². The second-order valence-corrected chi connectivity index (χ2v) is 6.16. The number of rotatable bonds is 7. The number of carbonyl (C=O) groups is 1. The van der Waals surface area contributed by atoms with E-state index in [1.807, 2.05) is 16.7 Å². The van der Waals surface area contributed by atoms with Crippen molar-refractivity contribution in [3.63, 3.8) is 0 Å². The number of nitrogens with zero attached hydrogens (tertiary/aromatic N) is 3. The minimum absolute atomic E-state index is 0.107. The number of hydrogen-bond acceptors (Lipinski definition) is 5. The van der Waals surface area contributed by atoms with Crippen molar-refractivity contribution in [2.75, 3.05) is 52.4 Å². The molecule has 1 aromatic heterocycles. The first kappa shape index (κ1) is 16.4. The van der Waals surface area contributed by atoms with Gasteiger partial charge in [-0.05, 0) is 28.9 Å². The zero-order chi connectivity index (χ0) is 15.1. The minimum Gasteiger partial charge on any atom is -0.395 e. The third kappa shape index (κ3) is 5.07. The Balaban J connectivity index is 1.73. The predicted molar refractivity (Wildman–Crippen MR) is 85.4 cm³/mol. The number of aliphatic hydroxyl groups excluding tert-OH is 1. The van der Waals surface area contributed by atoms with Gasteiger partial charge in [0.2, 0.25) is 5.91 Å². The highest BCUT2D eigenvalue weighted by molar-refractivity contribution is 7.07. The van der Waals surface area contributed by atoms with Crippen molar-refractivity contribution in [1.29, 1.82) is 0 Å². The monoisotopic (exact) mass is 311 g/mol. The van der Waals surface area contributed by atoms with Gasteiger partial charge in [-0.3, -0.25) is 14.6 Å².